The molecule has 0 N–H and O–H groups in total. The lowest BCUT2D eigenvalue weighted by Gasteiger charge is -2.16. The Morgan fingerprint density at radius 2 is 2.17 bits per heavy atom. The van der Waals surface area contributed by atoms with Crippen molar-refractivity contribution in [2.75, 3.05) is 26.7 Å². The lowest BCUT2D eigenvalue weighted by Crippen LogP contribution is -2.26. The molecule has 0 amide bonds. The highest BCUT2D eigenvalue weighted by molar-refractivity contribution is 8.13. The average Bonchev–Trinajstić information content (AvgIpc) is 2.96. The van der Waals surface area contributed by atoms with E-state index >= 15 is 0 Å². The van der Waals surface area contributed by atoms with Gasteiger partial charge in [0.25, 0.3) is 0 Å². The summed E-state index contributed by atoms with van der Waals surface area (Å²) in [5.74, 6) is 2.03. The smallest absolute Gasteiger partial charge is 0.191 e. The van der Waals surface area contributed by atoms with Gasteiger partial charge in [-0.2, -0.15) is 0 Å². The van der Waals surface area contributed by atoms with Crippen molar-refractivity contribution >= 4 is 28.4 Å². The fourth-order valence-corrected chi connectivity index (χ4v) is 3.14. The third-order valence-corrected chi connectivity index (χ3v) is 4.99. The molecule has 0 aliphatic carbocycles. The van der Waals surface area contributed by atoms with Crippen molar-refractivity contribution in [2.45, 2.75) is 31.0 Å². The maximum Gasteiger partial charge on any atom is 0.191 e. The van der Waals surface area contributed by atoms with Crippen molar-refractivity contribution in [1.29, 1.82) is 0 Å². The minimum absolute atomic E-state index is 0.345. The molecule has 5 nitrogen and oxygen atoms in total. The molecule has 0 bridgehead atoms. The number of hydrogen-bond acceptors (Lipinski definition) is 6. The second-order valence-corrected chi connectivity index (χ2v) is 6.80. The molecule has 0 spiro atoms. The molecule has 7 heteroatoms. The second kappa shape index (κ2) is 8.78. The van der Waals surface area contributed by atoms with Gasteiger partial charge in [-0.25, -0.2) is 0 Å². The molecule has 0 radical (unpaired) electrons. The van der Waals surface area contributed by atoms with Gasteiger partial charge in [0.15, 0.2) is 11.9 Å². The normalized spacial score (nSPS) is 20.5. The minimum atomic E-state index is -0.371. The number of benzene rings is 1. The van der Waals surface area contributed by atoms with E-state index in [2.05, 4.69) is 11.2 Å². The van der Waals surface area contributed by atoms with Gasteiger partial charge in [-0.3, -0.25) is 0 Å². The maximum absolute atomic E-state index is 5.89. The molecular formula is C16H22ClNO4S. The van der Waals surface area contributed by atoms with Crippen LogP contribution < -0.4 is 4.74 Å². The number of ether oxygens (including phenoxy) is 3. The Labute approximate surface area is 146 Å². The zero-order valence-corrected chi connectivity index (χ0v) is 15.2. The van der Waals surface area contributed by atoms with Gasteiger partial charge in [0, 0.05) is 26.4 Å². The molecule has 128 valence electrons. The van der Waals surface area contributed by atoms with Crippen LogP contribution in [-0.4, -0.2) is 43.6 Å². The van der Waals surface area contributed by atoms with Crippen LogP contribution in [0.1, 0.15) is 18.9 Å². The number of thioether (sulfide) groups is 1. The van der Waals surface area contributed by atoms with E-state index < -0.39 is 0 Å². The van der Waals surface area contributed by atoms with Crippen LogP contribution in [-0.2, 0) is 20.1 Å². The van der Waals surface area contributed by atoms with E-state index in [1.54, 1.807) is 26.0 Å². The zero-order chi connectivity index (χ0) is 16.7. The Morgan fingerprint density at radius 1 is 1.39 bits per heavy atom. The van der Waals surface area contributed by atoms with Crippen LogP contribution in [0.25, 0.3) is 0 Å². The quantitative estimate of drug-likeness (QED) is 0.523. The Balaban J connectivity index is 1.83. The SMILES string of the molecule is COC(COc1cccc(CSC2=NOC(C)(CCl)C2)c1)OC. The predicted molar refractivity (Wildman–Crippen MR) is 93.3 cm³/mol. The summed E-state index contributed by atoms with van der Waals surface area (Å²) in [7, 11) is 3.17. The summed E-state index contributed by atoms with van der Waals surface area (Å²) < 4.78 is 15.9. The molecule has 23 heavy (non-hydrogen) atoms. The third-order valence-electron chi connectivity index (χ3n) is 3.39. The first kappa shape index (κ1) is 18.4. The largest absolute Gasteiger partial charge is 0.488 e. The monoisotopic (exact) mass is 359 g/mol. The van der Waals surface area contributed by atoms with Crippen molar-refractivity contribution < 1.29 is 19.0 Å². The molecule has 1 aliphatic rings. The van der Waals surface area contributed by atoms with Gasteiger partial charge in [0.2, 0.25) is 0 Å². The molecule has 1 aromatic carbocycles. The molecule has 0 fully saturated rings. The maximum atomic E-state index is 5.89. The summed E-state index contributed by atoms with van der Waals surface area (Å²) in [4.78, 5) is 5.39. The number of oxime groups is 1. The minimum Gasteiger partial charge on any atom is -0.488 e. The molecule has 0 saturated heterocycles. The molecule has 1 aromatic rings. The molecule has 2 rings (SSSR count). The van der Waals surface area contributed by atoms with Crippen LogP contribution in [0.2, 0.25) is 0 Å². The van der Waals surface area contributed by atoms with Crippen molar-refractivity contribution in [3.05, 3.63) is 29.8 Å². The van der Waals surface area contributed by atoms with Crippen LogP contribution in [0.4, 0.5) is 0 Å². The number of hydrogen-bond donors (Lipinski definition) is 0. The number of halogens is 1. The van der Waals surface area contributed by atoms with Crippen molar-refractivity contribution in [3.63, 3.8) is 0 Å². The van der Waals surface area contributed by atoms with E-state index in [-0.39, 0.29) is 11.9 Å². The Hall–Kier alpha value is -0.950. The van der Waals surface area contributed by atoms with E-state index in [4.69, 9.17) is 30.6 Å². The summed E-state index contributed by atoms with van der Waals surface area (Å²) in [6, 6.07) is 7.95. The zero-order valence-electron chi connectivity index (χ0n) is 13.6. The summed E-state index contributed by atoms with van der Waals surface area (Å²) in [6.07, 6.45) is 0.382. The van der Waals surface area contributed by atoms with Crippen molar-refractivity contribution in [3.8, 4) is 5.75 Å². The number of rotatable bonds is 8. The van der Waals surface area contributed by atoms with E-state index in [0.717, 1.165) is 28.5 Å². The van der Waals surface area contributed by atoms with Gasteiger partial charge in [-0.05, 0) is 24.6 Å². The first-order chi connectivity index (χ1) is 11.1. The fraction of sp³-hybridized carbons (Fsp3) is 0.562. The molecule has 0 aromatic heterocycles. The highest BCUT2D eigenvalue weighted by Crippen LogP contribution is 2.31. The van der Waals surface area contributed by atoms with Crippen LogP contribution in [0, 0.1) is 0 Å². The Morgan fingerprint density at radius 3 is 2.83 bits per heavy atom. The number of alkyl halides is 1. The van der Waals surface area contributed by atoms with E-state index in [1.165, 1.54) is 0 Å². The predicted octanol–water partition coefficient (Wildman–Crippen LogP) is 3.65. The average molecular weight is 360 g/mol. The lowest BCUT2D eigenvalue weighted by molar-refractivity contribution is -0.121. The van der Waals surface area contributed by atoms with E-state index in [9.17, 15) is 0 Å². The molecular weight excluding hydrogens is 338 g/mol. The van der Waals surface area contributed by atoms with Crippen LogP contribution in [0.3, 0.4) is 0 Å². The molecule has 0 saturated carbocycles. The van der Waals surface area contributed by atoms with Gasteiger partial charge in [0.05, 0.1) is 5.88 Å². The van der Waals surface area contributed by atoms with Gasteiger partial charge >= 0.3 is 0 Å². The van der Waals surface area contributed by atoms with Gasteiger partial charge in [-0.1, -0.05) is 17.3 Å². The summed E-state index contributed by atoms with van der Waals surface area (Å²) in [5.41, 5.74) is 0.783. The van der Waals surface area contributed by atoms with Gasteiger partial charge in [-0.15, -0.1) is 23.4 Å². The number of methoxy groups -OCH3 is 2. The molecule has 1 heterocycles. The van der Waals surface area contributed by atoms with Crippen LogP contribution in [0.15, 0.2) is 29.4 Å². The van der Waals surface area contributed by atoms with Crippen LogP contribution >= 0.6 is 23.4 Å². The molecule has 1 unspecified atom stereocenters. The molecule has 1 aliphatic heterocycles. The van der Waals surface area contributed by atoms with E-state index in [0.29, 0.717) is 12.5 Å². The fourth-order valence-electron chi connectivity index (χ4n) is 1.98. The summed E-state index contributed by atoms with van der Waals surface area (Å²) in [6.45, 7) is 2.31. The molecule has 1 atom stereocenters. The van der Waals surface area contributed by atoms with Gasteiger partial charge in [0.1, 0.15) is 17.4 Å². The van der Waals surface area contributed by atoms with Crippen molar-refractivity contribution in [1.82, 2.24) is 0 Å². The van der Waals surface area contributed by atoms with E-state index in [1.807, 2.05) is 25.1 Å². The second-order valence-electron chi connectivity index (χ2n) is 5.48. The summed E-state index contributed by atoms with van der Waals surface area (Å²) in [5, 5.41) is 5.08. The topological polar surface area (TPSA) is 49.3 Å². The Bertz CT molecular complexity index is 539. The first-order valence-corrected chi connectivity index (χ1v) is 8.82. The van der Waals surface area contributed by atoms with Crippen molar-refractivity contribution in [2.24, 2.45) is 5.16 Å². The highest BCUT2D eigenvalue weighted by atomic mass is 35.5. The Kier molecular flexibility index (Phi) is 7.02. The third kappa shape index (κ3) is 5.57. The number of nitrogens with zero attached hydrogens (tertiary/aromatic N) is 1. The lowest BCUT2D eigenvalue weighted by atomic mass is 10.1. The standard InChI is InChI=1S/C16H22ClNO4S/c1-16(11-17)8-14(18-22-16)23-10-12-5-4-6-13(7-12)21-9-15(19-2)20-3/h4-7,15H,8-11H2,1-3H3. The summed E-state index contributed by atoms with van der Waals surface area (Å²) >= 11 is 7.55. The van der Waals surface area contributed by atoms with Crippen LogP contribution in [0.5, 0.6) is 5.75 Å². The first-order valence-electron chi connectivity index (χ1n) is 7.29. The highest BCUT2D eigenvalue weighted by Gasteiger charge is 2.33. The van der Waals surface area contributed by atoms with Gasteiger partial charge < -0.3 is 19.0 Å².